The van der Waals surface area contributed by atoms with Crippen LogP contribution in [0.3, 0.4) is 0 Å². The van der Waals surface area contributed by atoms with Crippen LogP contribution in [0.25, 0.3) is 0 Å². The smallest absolute Gasteiger partial charge is 0.331 e. The zero-order chi connectivity index (χ0) is 13.4. The highest BCUT2D eigenvalue weighted by molar-refractivity contribution is 5.85. The number of hydrogen-bond acceptors (Lipinski definition) is 2. The Labute approximate surface area is 105 Å². The van der Waals surface area contributed by atoms with E-state index >= 15 is 0 Å². The first-order valence-corrected chi connectivity index (χ1v) is 6.24. The number of carboxylic acid groups (broad SMARTS) is 1. The van der Waals surface area contributed by atoms with Crippen molar-refractivity contribution in [1.82, 2.24) is 4.90 Å². The second kappa shape index (κ2) is 4.45. The van der Waals surface area contributed by atoms with Crippen molar-refractivity contribution in [3.63, 3.8) is 0 Å². The van der Waals surface area contributed by atoms with E-state index in [2.05, 4.69) is 39.6 Å². The first-order valence-electron chi connectivity index (χ1n) is 6.24. The minimum absolute atomic E-state index is 0.0746. The molecule has 0 saturated carbocycles. The highest BCUT2D eigenvalue weighted by Crippen LogP contribution is 2.45. The third kappa shape index (κ3) is 2.54. The Morgan fingerprint density at radius 1 is 1.35 bits per heavy atom. The molecule has 3 nitrogen and oxygen atoms in total. The van der Waals surface area contributed by atoms with Crippen LogP contribution in [0.4, 0.5) is 0 Å². The molecule has 0 aromatic carbocycles. The maximum Gasteiger partial charge on any atom is 0.331 e. The summed E-state index contributed by atoms with van der Waals surface area (Å²) < 4.78 is 0. The molecule has 1 rings (SSSR count). The van der Waals surface area contributed by atoms with Crippen LogP contribution in [0.1, 0.15) is 47.5 Å². The molecule has 1 atom stereocenters. The Hall–Kier alpha value is -0.830. The van der Waals surface area contributed by atoms with Crippen LogP contribution in [0, 0.1) is 5.41 Å². The monoisotopic (exact) mass is 239 g/mol. The largest absolute Gasteiger partial charge is 0.478 e. The molecule has 0 bridgehead atoms. The molecule has 3 heteroatoms. The Bertz CT molecular complexity index is 342. The minimum Gasteiger partial charge on any atom is -0.478 e. The van der Waals surface area contributed by atoms with E-state index in [9.17, 15) is 4.79 Å². The van der Waals surface area contributed by atoms with Crippen LogP contribution in [-0.4, -0.2) is 34.6 Å². The van der Waals surface area contributed by atoms with Crippen molar-refractivity contribution in [3.05, 3.63) is 11.6 Å². The Kier molecular flexibility index (Phi) is 3.72. The summed E-state index contributed by atoms with van der Waals surface area (Å²) in [5, 5.41) is 8.94. The van der Waals surface area contributed by atoms with Gasteiger partial charge >= 0.3 is 5.97 Å². The molecule has 1 heterocycles. The van der Waals surface area contributed by atoms with E-state index in [0.29, 0.717) is 5.57 Å². The van der Waals surface area contributed by atoms with Crippen molar-refractivity contribution in [3.8, 4) is 0 Å². The molecule has 1 fully saturated rings. The van der Waals surface area contributed by atoms with Gasteiger partial charge < -0.3 is 5.11 Å². The average molecular weight is 239 g/mol. The van der Waals surface area contributed by atoms with Crippen LogP contribution in [-0.2, 0) is 4.79 Å². The fourth-order valence-corrected chi connectivity index (χ4v) is 2.46. The van der Waals surface area contributed by atoms with E-state index in [4.69, 9.17) is 5.11 Å². The molecule has 1 unspecified atom stereocenters. The van der Waals surface area contributed by atoms with Crippen LogP contribution >= 0.6 is 0 Å². The van der Waals surface area contributed by atoms with E-state index in [0.717, 1.165) is 12.8 Å². The van der Waals surface area contributed by atoms with Crippen molar-refractivity contribution in [2.24, 2.45) is 5.41 Å². The molecule has 0 radical (unpaired) electrons. The van der Waals surface area contributed by atoms with Crippen LogP contribution in [0.15, 0.2) is 11.6 Å². The summed E-state index contributed by atoms with van der Waals surface area (Å²) in [6, 6.07) is 0.231. The normalized spacial score (nSPS) is 29.1. The summed E-state index contributed by atoms with van der Waals surface area (Å²) in [5.41, 5.74) is 0.770. The van der Waals surface area contributed by atoms with Gasteiger partial charge in [0.05, 0.1) is 0 Å². The first-order chi connectivity index (χ1) is 7.59. The molecule has 98 valence electrons. The molecule has 1 aliphatic rings. The fraction of sp³-hybridized carbons (Fsp3) is 0.786. The lowest BCUT2D eigenvalue weighted by molar-refractivity contribution is -0.132. The van der Waals surface area contributed by atoms with Gasteiger partial charge in [0.15, 0.2) is 0 Å². The van der Waals surface area contributed by atoms with Crippen molar-refractivity contribution in [2.75, 3.05) is 7.05 Å². The zero-order valence-electron chi connectivity index (χ0n) is 11.9. The van der Waals surface area contributed by atoms with Gasteiger partial charge in [-0.25, -0.2) is 4.79 Å². The highest BCUT2D eigenvalue weighted by Gasteiger charge is 2.45. The Morgan fingerprint density at radius 2 is 1.88 bits per heavy atom. The standard InChI is InChI=1S/C14H25NO2/c1-10(12(16)17)9-11-7-8-13(2,3)14(4,5)15(11)6/h9,11H,7-8H2,1-6H3,(H,16,17). The molecule has 1 aliphatic heterocycles. The Balaban J connectivity index is 2.95. The predicted octanol–water partition coefficient (Wildman–Crippen LogP) is 2.92. The summed E-state index contributed by atoms with van der Waals surface area (Å²) in [6.07, 6.45) is 4.04. The summed E-state index contributed by atoms with van der Waals surface area (Å²) in [5.74, 6) is -0.818. The topological polar surface area (TPSA) is 40.5 Å². The van der Waals surface area contributed by atoms with Crippen molar-refractivity contribution in [1.29, 1.82) is 0 Å². The summed E-state index contributed by atoms with van der Waals surface area (Å²) in [7, 11) is 2.09. The van der Waals surface area contributed by atoms with E-state index in [-0.39, 0.29) is 17.0 Å². The maximum absolute atomic E-state index is 10.9. The fourth-order valence-electron chi connectivity index (χ4n) is 2.46. The molecular formula is C14H25NO2. The molecule has 17 heavy (non-hydrogen) atoms. The van der Waals surface area contributed by atoms with Crippen LogP contribution in [0.5, 0.6) is 0 Å². The van der Waals surface area contributed by atoms with Gasteiger partial charge in [-0.1, -0.05) is 19.9 Å². The van der Waals surface area contributed by atoms with E-state index in [1.807, 2.05) is 6.08 Å². The molecule has 0 amide bonds. The quantitative estimate of drug-likeness (QED) is 0.753. The van der Waals surface area contributed by atoms with Crippen LogP contribution < -0.4 is 0 Å². The number of piperidine rings is 1. The number of likely N-dealkylation sites (N-methyl/N-ethyl adjacent to an activating group) is 1. The summed E-state index contributed by atoms with van der Waals surface area (Å²) >= 11 is 0. The van der Waals surface area contributed by atoms with Crippen molar-refractivity contribution < 1.29 is 9.90 Å². The zero-order valence-corrected chi connectivity index (χ0v) is 11.9. The molecule has 1 N–H and O–H groups in total. The first kappa shape index (κ1) is 14.2. The third-order valence-electron chi connectivity index (χ3n) is 4.88. The average Bonchev–Trinajstić information content (AvgIpc) is 2.20. The maximum atomic E-state index is 10.9. The summed E-state index contributed by atoms with van der Waals surface area (Å²) in [6.45, 7) is 10.7. The van der Waals surface area contributed by atoms with Gasteiger partial charge in [-0.15, -0.1) is 0 Å². The van der Waals surface area contributed by atoms with Gasteiger partial charge in [0.1, 0.15) is 0 Å². The lowest BCUT2D eigenvalue weighted by atomic mass is 9.66. The number of carboxylic acids is 1. The lowest BCUT2D eigenvalue weighted by Crippen LogP contribution is -2.59. The lowest BCUT2D eigenvalue weighted by Gasteiger charge is -2.55. The van der Waals surface area contributed by atoms with Gasteiger partial charge in [0, 0.05) is 17.2 Å². The number of rotatable bonds is 2. The molecular weight excluding hydrogens is 214 g/mol. The van der Waals surface area contributed by atoms with Crippen LogP contribution in [0.2, 0.25) is 0 Å². The van der Waals surface area contributed by atoms with E-state index in [1.54, 1.807) is 6.92 Å². The molecule has 1 saturated heterocycles. The van der Waals surface area contributed by atoms with E-state index < -0.39 is 5.97 Å². The van der Waals surface area contributed by atoms with Gasteiger partial charge in [-0.2, -0.15) is 0 Å². The van der Waals surface area contributed by atoms with Crippen molar-refractivity contribution >= 4 is 5.97 Å². The minimum atomic E-state index is -0.818. The number of likely N-dealkylation sites (tertiary alicyclic amines) is 1. The summed E-state index contributed by atoms with van der Waals surface area (Å²) in [4.78, 5) is 13.2. The predicted molar refractivity (Wildman–Crippen MR) is 70.0 cm³/mol. The molecule has 0 aromatic heterocycles. The number of nitrogens with zero attached hydrogens (tertiary/aromatic N) is 1. The second-order valence-corrected chi connectivity index (χ2v) is 6.31. The van der Waals surface area contributed by atoms with Crippen molar-refractivity contribution in [2.45, 2.75) is 59.0 Å². The molecule has 0 aliphatic carbocycles. The number of aliphatic carboxylic acids is 1. The third-order valence-corrected chi connectivity index (χ3v) is 4.88. The highest BCUT2D eigenvalue weighted by atomic mass is 16.4. The molecule has 0 spiro atoms. The van der Waals surface area contributed by atoms with Gasteiger partial charge in [0.25, 0.3) is 0 Å². The second-order valence-electron chi connectivity index (χ2n) is 6.31. The van der Waals surface area contributed by atoms with Gasteiger partial charge in [0.2, 0.25) is 0 Å². The van der Waals surface area contributed by atoms with Gasteiger partial charge in [-0.05, 0) is 46.1 Å². The van der Waals surface area contributed by atoms with Gasteiger partial charge in [-0.3, -0.25) is 4.90 Å². The number of carbonyl (C=O) groups is 1. The SMILES string of the molecule is CC(=CC1CCC(C)(C)C(C)(C)N1C)C(=O)O. The number of hydrogen-bond donors (Lipinski definition) is 1. The molecule has 0 aromatic rings. The van der Waals surface area contributed by atoms with E-state index in [1.165, 1.54) is 0 Å². The Morgan fingerprint density at radius 3 is 2.35 bits per heavy atom.